The molecule has 0 aliphatic carbocycles. The minimum atomic E-state index is -0.989. The van der Waals surface area contributed by atoms with Crippen molar-refractivity contribution in [3.63, 3.8) is 0 Å². The smallest absolute Gasteiger partial charge is 0.329 e. The molecule has 1 aliphatic rings. The lowest BCUT2D eigenvalue weighted by molar-refractivity contribution is -0.138. The first-order valence-electron chi connectivity index (χ1n) is 7.65. The van der Waals surface area contributed by atoms with Crippen LogP contribution < -0.4 is 10.2 Å². The van der Waals surface area contributed by atoms with Gasteiger partial charge in [0.2, 0.25) is 5.91 Å². The number of benzene rings is 1. The van der Waals surface area contributed by atoms with Crippen molar-refractivity contribution in [1.29, 1.82) is 0 Å². The number of carbonyl (C=O) groups is 4. The molecule has 0 bridgehead atoms. The first kappa shape index (κ1) is 18.7. The summed E-state index contributed by atoms with van der Waals surface area (Å²) in [5.41, 5.74) is 0.402. The zero-order valence-electron chi connectivity index (χ0n) is 13.6. The molecule has 4 amide bonds. The molecule has 2 rings (SSSR count). The number of carboxylic acid groups (broad SMARTS) is 1. The van der Waals surface area contributed by atoms with Crippen molar-refractivity contribution in [1.82, 2.24) is 10.2 Å². The lowest BCUT2D eigenvalue weighted by Gasteiger charge is -2.17. The van der Waals surface area contributed by atoms with Crippen molar-refractivity contribution >= 4 is 41.1 Å². The van der Waals surface area contributed by atoms with Crippen molar-refractivity contribution in [2.24, 2.45) is 0 Å². The number of rotatable bonds is 7. The van der Waals surface area contributed by atoms with Crippen LogP contribution in [0.3, 0.4) is 0 Å². The van der Waals surface area contributed by atoms with E-state index in [4.69, 9.17) is 16.7 Å². The fourth-order valence-corrected chi connectivity index (χ4v) is 2.53. The zero-order valence-corrected chi connectivity index (χ0v) is 14.3. The van der Waals surface area contributed by atoms with E-state index in [9.17, 15) is 19.2 Å². The molecule has 1 aromatic rings. The Hall–Kier alpha value is -2.61. The number of imide groups is 1. The largest absolute Gasteiger partial charge is 0.481 e. The van der Waals surface area contributed by atoms with Gasteiger partial charge in [-0.3, -0.25) is 14.4 Å². The summed E-state index contributed by atoms with van der Waals surface area (Å²) in [5, 5.41) is 11.7. The highest BCUT2D eigenvalue weighted by Gasteiger charge is 2.39. The number of aliphatic carboxylic acids is 1. The highest BCUT2D eigenvalue weighted by molar-refractivity contribution is 6.30. The molecule has 1 saturated heterocycles. The Kier molecular flexibility index (Phi) is 5.97. The molecular formula is C16H18ClN3O5. The van der Waals surface area contributed by atoms with Crippen LogP contribution in [-0.2, 0) is 14.4 Å². The molecule has 2 N–H and O–H groups in total. The lowest BCUT2D eigenvalue weighted by Crippen LogP contribution is -2.34. The highest BCUT2D eigenvalue weighted by atomic mass is 35.5. The summed E-state index contributed by atoms with van der Waals surface area (Å²) in [7, 11) is 1.50. The Bertz CT molecular complexity index is 692. The minimum absolute atomic E-state index is 0.0290. The second kappa shape index (κ2) is 7.98. The first-order chi connectivity index (χ1) is 11.8. The lowest BCUT2D eigenvalue weighted by atomic mass is 10.1. The molecule has 1 heterocycles. The van der Waals surface area contributed by atoms with E-state index < -0.39 is 23.9 Å². The van der Waals surface area contributed by atoms with Gasteiger partial charge in [-0.15, -0.1) is 0 Å². The summed E-state index contributed by atoms with van der Waals surface area (Å²) >= 11 is 5.80. The van der Waals surface area contributed by atoms with Gasteiger partial charge in [0.05, 0.1) is 12.1 Å². The number of halogens is 1. The van der Waals surface area contributed by atoms with Gasteiger partial charge in [0.25, 0.3) is 5.91 Å². The maximum Gasteiger partial charge on any atom is 0.329 e. The van der Waals surface area contributed by atoms with Crippen LogP contribution in [0.5, 0.6) is 0 Å². The van der Waals surface area contributed by atoms with E-state index in [2.05, 4.69) is 5.32 Å². The number of nitrogens with zero attached hydrogens (tertiary/aromatic N) is 2. The monoisotopic (exact) mass is 367 g/mol. The van der Waals surface area contributed by atoms with Crippen LogP contribution in [0.15, 0.2) is 24.3 Å². The topological polar surface area (TPSA) is 107 Å². The number of hydrogen-bond donors (Lipinski definition) is 2. The van der Waals surface area contributed by atoms with Crippen LogP contribution in [0, 0.1) is 0 Å². The van der Waals surface area contributed by atoms with Crippen LogP contribution in [0.4, 0.5) is 10.5 Å². The summed E-state index contributed by atoms with van der Waals surface area (Å²) < 4.78 is 0. The standard InChI is InChI=1S/C16H18ClN3O5/c1-19(9-8-14(22)23)13(21)7-6-12-15(24)20(16(25)18-12)11-4-2-10(17)3-5-11/h2-5,12H,6-9H2,1H3,(H,18,25)(H,22,23). The van der Waals surface area contributed by atoms with E-state index in [0.717, 1.165) is 4.90 Å². The number of amides is 4. The van der Waals surface area contributed by atoms with Gasteiger partial charge in [-0.2, -0.15) is 0 Å². The maximum absolute atomic E-state index is 12.4. The number of anilines is 1. The Balaban J connectivity index is 1.92. The van der Waals surface area contributed by atoms with Crippen LogP contribution in [0.1, 0.15) is 19.3 Å². The SMILES string of the molecule is CN(CCC(=O)O)C(=O)CCC1NC(=O)N(c2ccc(Cl)cc2)C1=O. The third kappa shape index (κ3) is 4.69. The average Bonchev–Trinajstić information content (AvgIpc) is 2.85. The summed E-state index contributed by atoms with van der Waals surface area (Å²) in [6.07, 6.45) is 0.0256. The van der Waals surface area contributed by atoms with Crippen molar-refractivity contribution < 1.29 is 24.3 Å². The fourth-order valence-electron chi connectivity index (χ4n) is 2.41. The van der Waals surface area contributed by atoms with Gasteiger partial charge in [-0.1, -0.05) is 11.6 Å². The van der Waals surface area contributed by atoms with E-state index in [1.807, 2.05) is 0 Å². The van der Waals surface area contributed by atoms with Crippen LogP contribution >= 0.6 is 11.6 Å². The normalized spacial score (nSPS) is 16.7. The Morgan fingerprint density at radius 1 is 1.24 bits per heavy atom. The van der Waals surface area contributed by atoms with Crippen molar-refractivity contribution in [2.45, 2.75) is 25.3 Å². The van der Waals surface area contributed by atoms with Gasteiger partial charge in [0.15, 0.2) is 0 Å². The van der Waals surface area contributed by atoms with E-state index in [0.29, 0.717) is 10.7 Å². The molecular weight excluding hydrogens is 350 g/mol. The molecule has 0 saturated carbocycles. The second-order valence-corrected chi connectivity index (χ2v) is 6.09. The van der Waals surface area contributed by atoms with E-state index in [1.54, 1.807) is 24.3 Å². The highest BCUT2D eigenvalue weighted by Crippen LogP contribution is 2.23. The molecule has 1 aromatic carbocycles. The van der Waals surface area contributed by atoms with E-state index in [1.165, 1.54) is 11.9 Å². The Morgan fingerprint density at radius 2 is 1.88 bits per heavy atom. The minimum Gasteiger partial charge on any atom is -0.481 e. The number of carboxylic acids is 1. The second-order valence-electron chi connectivity index (χ2n) is 5.65. The van der Waals surface area contributed by atoms with E-state index >= 15 is 0 Å². The van der Waals surface area contributed by atoms with Gasteiger partial charge in [-0.25, -0.2) is 9.69 Å². The Morgan fingerprint density at radius 3 is 2.48 bits per heavy atom. The quantitative estimate of drug-likeness (QED) is 0.710. The number of hydrogen-bond acceptors (Lipinski definition) is 4. The van der Waals surface area contributed by atoms with Gasteiger partial charge < -0.3 is 15.3 Å². The third-order valence-corrected chi connectivity index (χ3v) is 4.09. The summed E-state index contributed by atoms with van der Waals surface area (Å²) in [4.78, 5) is 49.2. The molecule has 134 valence electrons. The van der Waals surface area contributed by atoms with Crippen molar-refractivity contribution in [3.05, 3.63) is 29.3 Å². The summed E-state index contributed by atoms with van der Waals surface area (Å²) in [5.74, 6) is -1.71. The van der Waals surface area contributed by atoms with Crippen LogP contribution in [-0.4, -0.2) is 53.5 Å². The van der Waals surface area contributed by atoms with Gasteiger partial charge in [0.1, 0.15) is 6.04 Å². The van der Waals surface area contributed by atoms with Crippen molar-refractivity contribution in [2.75, 3.05) is 18.5 Å². The maximum atomic E-state index is 12.4. The molecule has 8 nitrogen and oxygen atoms in total. The van der Waals surface area contributed by atoms with Crippen LogP contribution in [0.25, 0.3) is 0 Å². The summed E-state index contributed by atoms with van der Waals surface area (Å²) in [6.45, 7) is 0.0933. The molecule has 1 atom stereocenters. The Labute approximate surface area is 149 Å². The molecule has 0 aromatic heterocycles. The third-order valence-electron chi connectivity index (χ3n) is 3.84. The van der Waals surface area contributed by atoms with Gasteiger partial charge in [0, 0.05) is 25.0 Å². The average molecular weight is 368 g/mol. The van der Waals surface area contributed by atoms with Gasteiger partial charge >= 0.3 is 12.0 Å². The molecule has 0 radical (unpaired) electrons. The van der Waals surface area contributed by atoms with Crippen molar-refractivity contribution in [3.8, 4) is 0 Å². The molecule has 9 heteroatoms. The number of urea groups is 1. The molecule has 1 aliphatic heterocycles. The number of carbonyl (C=O) groups excluding carboxylic acids is 3. The molecule has 25 heavy (non-hydrogen) atoms. The van der Waals surface area contributed by atoms with Crippen LogP contribution in [0.2, 0.25) is 5.02 Å². The fraction of sp³-hybridized carbons (Fsp3) is 0.375. The predicted molar refractivity (Wildman–Crippen MR) is 90.4 cm³/mol. The molecule has 0 spiro atoms. The molecule has 1 fully saturated rings. The number of nitrogens with one attached hydrogen (secondary N) is 1. The predicted octanol–water partition coefficient (Wildman–Crippen LogP) is 1.48. The van der Waals surface area contributed by atoms with Gasteiger partial charge in [-0.05, 0) is 30.7 Å². The zero-order chi connectivity index (χ0) is 18.6. The summed E-state index contributed by atoms with van der Waals surface area (Å²) in [6, 6.07) is 4.93. The van der Waals surface area contributed by atoms with E-state index in [-0.39, 0.29) is 31.7 Å². The first-order valence-corrected chi connectivity index (χ1v) is 8.03. The molecule has 1 unspecified atom stereocenters.